The van der Waals surface area contributed by atoms with Crippen LogP contribution >= 0.6 is 0 Å². The van der Waals surface area contributed by atoms with Gasteiger partial charge in [0.15, 0.2) is 6.04 Å². The first kappa shape index (κ1) is 15.1. The molecule has 1 aromatic carbocycles. The number of hydrogen-bond acceptors (Lipinski definition) is 4. The maximum Gasteiger partial charge on any atom is 0.329 e. The minimum absolute atomic E-state index is 0.168. The number of rotatable bonds is 7. The van der Waals surface area contributed by atoms with Crippen molar-refractivity contribution in [2.24, 2.45) is 5.73 Å². The summed E-state index contributed by atoms with van der Waals surface area (Å²) in [4.78, 5) is 23.0. The van der Waals surface area contributed by atoms with Gasteiger partial charge < -0.3 is 10.8 Å². The Morgan fingerprint density at radius 3 is 2.37 bits per heavy atom. The molecule has 0 unspecified atom stereocenters. The van der Waals surface area contributed by atoms with Crippen LogP contribution in [0.1, 0.15) is 29.6 Å². The molecule has 0 fully saturated rings. The van der Waals surface area contributed by atoms with Gasteiger partial charge in [0.2, 0.25) is 0 Å². The van der Waals surface area contributed by atoms with Crippen LogP contribution in [0.2, 0.25) is 0 Å². The fourth-order valence-electron chi connectivity index (χ4n) is 1.69. The zero-order valence-electron chi connectivity index (χ0n) is 10.5. The fourth-order valence-corrected chi connectivity index (χ4v) is 1.69. The van der Waals surface area contributed by atoms with Crippen LogP contribution in [0, 0.1) is 0 Å². The smallest absolute Gasteiger partial charge is 0.329 e. The number of hydroxylamine groups is 2. The molecule has 0 heterocycles. The Balaban J connectivity index is 2.73. The van der Waals surface area contributed by atoms with E-state index in [2.05, 4.69) is 0 Å². The topological polar surface area (TPSA) is 104 Å². The molecule has 0 saturated carbocycles. The summed E-state index contributed by atoms with van der Waals surface area (Å²) in [5.74, 6) is -1.95. The number of benzene rings is 1. The zero-order chi connectivity index (χ0) is 14.3. The number of nitrogens with zero attached hydrogens (tertiary/aromatic N) is 1. The van der Waals surface area contributed by atoms with Gasteiger partial charge in [-0.1, -0.05) is 18.2 Å². The molecule has 4 N–H and O–H groups in total. The first-order valence-electron chi connectivity index (χ1n) is 6.08. The number of unbranched alkanes of at least 4 members (excludes halogenated alkanes) is 1. The highest BCUT2D eigenvalue weighted by Crippen LogP contribution is 2.11. The second kappa shape index (κ2) is 7.50. The number of amides is 1. The summed E-state index contributed by atoms with van der Waals surface area (Å²) in [7, 11) is 0. The summed E-state index contributed by atoms with van der Waals surface area (Å²) in [6.07, 6.45) is 1.35. The van der Waals surface area contributed by atoms with Crippen molar-refractivity contribution in [3.63, 3.8) is 0 Å². The Kier molecular flexibility index (Phi) is 5.98. The Morgan fingerprint density at radius 2 is 1.84 bits per heavy atom. The summed E-state index contributed by atoms with van der Waals surface area (Å²) < 4.78 is 0. The van der Waals surface area contributed by atoms with Crippen LogP contribution in [0.15, 0.2) is 30.3 Å². The van der Waals surface area contributed by atoms with Crippen LogP contribution < -0.4 is 5.73 Å². The summed E-state index contributed by atoms with van der Waals surface area (Å²) in [5, 5.41) is 19.1. The van der Waals surface area contributed by atoms with Crippen LogP contribution in [-0.2, 0) is 4.79 Å². The maximum absolute atomic E-state index is 11.9. The molecule has 6 nitrogen and oxygen atoms in total. The molecule has 1 atom stereocenters. The van der Waals surface area contributed by atoms with Crippen molar-refractivity contribution in [3.05, 3.63) is 35.9 Å². The van der Waals surface area contributed by atoms with Crippen molar-refractivity contribution in [1.82, 2.24) is 5.06 Å². The Morgan fingerprint density at radius 1 is 1.21 bits per heavy atom. The molecule has 0 saturated heterocycles. The highest BCUT2D eigenvalue weighted by atomic mass is 16.5. The fraction of sp³-hybridized carbons (Fsp3) is 0.385. The van der Waals surface area contributed by atoms with Gasteiger partial charge in [-0.2, -0.15) is 0 Å². The predicted molar refractivity (Wildman–Crippen MR) is 68.7 cm³/mol. The Labute approximate surface area is 111 Å². The van der Waals surface area contributed by atoms with Crippen LogP contribution in [0.4, 0.5) is 0 Å². The van der Waals surface area contributed by atoms with Gasteiger partial charge in [0.05, 0.1) is 0 Å². The van der Waals surface area contributed by atoms with Crippen molar-refractivity contribution in [3.8, 4) is 0 Å². The third kappa shape index (κ3) is 4.35. The van der Waals surface area contributed by atoms with E-state index in [9.17, 15) is 14.8 Å². The van der Waals surface area contributed by atoms with E-state index in [1.807, 2.05) is 0 Å². The lowest BCUT2D eigenvalue weighted by atomic mass is 10.1. The van der Waals surface area contributed by atoms with E-state index in [-0.39, 0.29) is 17.0 Å². The van der Waals surface area contributed by atoms with Crippen LogP contribution in [-0.4, -0.2) is 39.8 Å². The predicted octanol–water partition coefficient (Wildman–Crippen LogP) is 1.10. The van der Waals surface area contributed by atoms with E-state index in [0.29, 0.717) is 19.4 Å². The number of carbonyl (C=O) groups is 2. The molecule has 6 heteroatoms. The summed E-state index contributed by atoms with van der Waals surface area (Å²) >= 11 is 0. The second-order valence-electron chi connectivity index (χ2n) is 4.15. The molecule has 0 aliphatic carbocycles. The van der Waals surface area contributed by atoms with Gasteiger partial charge in [0.1, 0.15) is 0 Å². The standard InChI is InChI=1S/C13H18N2O4/c14-9-5-4-8-11(13(17)18)15(19)12(16)10-6-2-1-3-7-10/h1-3,6-7,11,19H,4-5,8-9,14H2,(H,17,18)/t11-/m0/s1. The number of hydrogen-bond donors (Lipinski definition) is 3. The molecule has 0 aliphatic heterocycles. The van der Waals surface area contributed by atoms with Gasteiger partial charge in [0, 0.05) is 5.56 Å². The van der Waals surface area contributed by atoms with E-state index in [4.69, 9.17) is 10.8 Å². The van der Waals surface area contributed by atoms with Crippen molar-refractivity contribution < 1.29 is 19.9 Å². The summed E-state index contributed by atoms with van der Waals surface area (Å²) in [5.41, 5.74) is 5.57. The van der Waals surface area contributed by atoms with Crippen molar-refractivity contribution in [1.29, 1.82) is 0 Å². The third-order valence-electron chi connectivity index (χ3n) is 2.74. The molecule has 104 valence electrons. The number of nitrogens with two attached hydrogens (primary N) is 1. The number of carbonyl (C=O) groups excluding carboxylic acids is 1. The number of carboxylic acids is 1. The van der Waals surface area contributed by atoms with Crippen LogP contribution in [0.5, 0.6) is 0 Å². The van der Waals surface area contributed by atoms with Crippen LogP contribution in [0.3, 0.4) is 0 Å². The SMILES string of the molecule is NCCCC[C@@H](C(=O)O)N(O)C(=O)c1ccccc1. The second-order valence-corrected chi connectivity index (χ2v) is 4.15. The lowest BCUT2D eigenvalue weighted by Gasteiger charge is -2.22. The molecule has 0 aromatic heterocycles. The van der Waals surface area contributed by atoms with Gasteiger partial charge in [-0.05, 0) is 37.9 Å². The number of aliphatic carboxylic acids is 1. The average Bonchev–Trinajstić information content (AvgIpc) is 2.42. The van der Waals surface area contributed by atoms with Gasteiger partial charge in [-0.15, -0.1) is 0 Å². The van der Waals surface area contributed by atoms with E-state index < -0.39 is 17.9 Å². The molecule has 19 heavy (non-hydrogen) atoms. The van der Waals surface area contributed by atoms with Gasteiger partial charge >= 0.3 is 5.97 Å². The van der Waals surface area contributed by atoms with E-state index in [0.717, 1.165) is 0 Å². The first-order valence-corrected chi connectivity index (χ1v) is 6.08. The Hall–Kier alpha value is -1.92. The lowest BCUT2D eigenvalue weighted by Crippen LogP contribution is -2.42. The molecule has 0 spiro atoms. The molecule has 0 bridgehead atoms. The monoisotopic (exact) mass is 266 g/mol. The average molecular weight is 266 g/mol. The van der Waals surface area contributed by atoms with Crippen molar-refractivity contribution in [2.75, 3.05) is 6.54 Å². The quantitative estimate of drug-likeness (QED) is 0.389. The van der Waals surface area contributed by atoms with Gasteiger partial charge in [-0.3, -0.25) is 10.0 Å². The largest absolute Gasteiger partial charge is 0.480 e. The molecule has 0 aliphatic rings. The first-order chi connectivity index (χ1) is 9.07. The maximum atomic E-state index is 11.9. The minimum atomic E-state index is -1.25. The normalized spacial score (nSPS) is 11.9. The third-order valence-corrected chi connectivity index (χ3v) is 2.74. The van der Waals surface area contributed by atoms with Gasteiger partial charge in [-0.25, -0.2) is 9.86 Å². The van der Waals surface area contributed by atoms with Gasteiger partial charge in [0.25, 0.3) is 5.91 Å². The molecule has 1 rings (SSSR count). The minimum Gasteiger partial charge on any atom is -0.480 e. The highest BCUT2D eigenvalue weighted by Gasteiger charge is 2.28. The van der Waals surface area contributed by atoms with Crippen molar-refractivity contribution >= 4 is 11.9 Å². The van der Waals surface area contributed by atoms with E-state index >= 15 is 0 Å². The lowest BCUT2D eigenvalue weighted by molar-refractivity contribution is -0.158. The van der Waals surface area contributed by atoms with E-state index in [1.54, 1.807) is 18.2 Å². The summed E-state index contributed by atoms with van der Waals surface area (Å²) in [6.45, 7) is 0.449. The molecular formula is C13H18N2O4. The van der Waals surface area contributed by atoms with Crippen LogP contribution in [0.25, 0.3) is 0 Å². The molecular weight excluding hydrogens is 248 g/mol. The zero-order valence-corrected chi connectivity index (χ0v) is 10.5. The van der Waals surface area contributed by atoms with E-state index in [1.165, 1.54) is 12.1 Å². The highest BCUT2D eigenvalue weighted by molar-refractivity contribution is 5.95. The molecule has 0 radical (unpaired) electrons. The van der Waals surface area contributed by atoms with Crippen molar-refractivity contribution in [2.45, 2.75) is 25.3 Å². The summed E-state index contributed by atoms with van der Waals surface area (Å²) in [6, 6.07) is 6.80. The number of carboxylic acid groups (broad SMARTS) is 1. The molecule has 1 amide bonds. The Bertz CT molecular complexity index is 422. The molecule has 1 aromatic rings.